The summed E-state index contributed by atoms with van der Waals surface area (Å²) in [6, 6.07) is 60.3. The summed E-state index contributed by atoms with van der Waals surface area (Å²) >= 11 is 0. The molecule has 1 aromatic heterocycles. The van der Waals surface area contributed by atoms with Crippen LogP contribution in [0.15, 0.2) is 182 Å². The fourth-order valence-electron chi connectivity index (χ4n) is 8.55. The maximum atomic E-state index is 15.5. The largest absolute Gasteiger partial charge is 0.307 e. The minimum atomic E-state index is -0.444. The fourth-order valence-corrected chi connectivity index (χ4v) is 8.55. The number of rotatable bonds is 6. The van der Waals surface area contributed by atoms with Gasteiger partial charge in [0.1, 0.15) is 0 Å². The molecule has 0 atom stereocenters. The van der Waals surface area contributed by atoms with Crippen molar-refractivity contribution in [3.8, 4) is 56.3 Å². The van der Waals surface area contributed by atoms with Gasteiger partial charge >= 0.3 is 0 Å². The predicted octanol–water partition coefficient (Wildman–Crippen LogP) is 12.7. The summed E-state index contributed by atoms with van der Waals surface area (Å²) < 4.78 is 2.07. The zero-order valence-corrected chi connectivity index (χ0v) is 30.9. The van der Waals surface area contributed by atoms with Gasteiger partial charge in [-0.25, -0.2) is 9.74 Å². The molecule has 1 aliphatic rings. The minimum Gasteiger partial charge on any atom is -0.307 e. The summed E-state index contributed by atoms with van der Waals surface area (Å²) in [5.74, 6) is -0.864. The van der Waals surface area contributed by atoms with E-state index in [1.165, 1.54) is 4.90 Å². The molecule has 8 aromatic carbocycles. The van der Waals surface area contributed by atoms with Gasteiger partial charge in [-0.1, -0.05) is 164 Å². The third-order valence-corrected chi connectivity index (χ3v) is 11.0. The number of nitriles is 1. The highest BCUT2D eigenvalue weighted by Crippen LogP contribution is 2.47. The quantitative estimate of drug-likeness (QED) is 0.126. The number of carbonyl (C=O) groups is 2. The van der Waals surface area contributed by atoms with Gasteiger partial charge in [-0.2, -0.15) is 5.26 Å². The summed E-state index contributed by atoms with van der Waals surface area (Å²) in [4.78, 5) is 35.7. The number of carbonyl (C=O) groups excluding carboxylic acids is 2. The molecule has 0 N–H and O–H groups in total. The number of aromatic nitrogens is 1. The van der Waals surface area contributed by atoms with E-state index in [9.17, 15) is 10.1 Å². The van der Waals surface area contributed by atoms with Gasteiger partial charge in [-0.15, -0.1) is 0 Å². The lowest BCUT2D eigenvalue weighted by molar-refractivity contribution is 0.0926. The van der Waals surface area contributed by atoms with Gasteiger partial charge in [0.2, 0.25) is 0 Å². The molecule has 6 nitrogen and oxygen atoms in total. The maximum absolute atomic E-state index is 15.5. The molecule has 0 fully saturated rings. The van der Waals surface area contributed by atoms with E-state index in [1.807, 2.05) is 164 Å². The molecule has 0 radical (unpaired) electrons. The average molecular weight is 743 g/mol. The van der Waals surface area contributed by atoms with Crippen molar-refractivity contribution in [1.82, 2.24) is 4.57 Å². The Bertz CT molecular complexity index is 3070. The topological polar surface area (TPSA) is 70.5 Å². The standard InChI is InChI=1S/C52H30N4O2/c1-54-45-30-11-10-22-39(45)41-26-14-28-43-42-27-13-25-40(36-21-9-8-20-35(36)32-53)49(42)55(50(41)43)46-31-15-29-44-47(46)52(58)56(51(44)57)48-37(33-16-4-2-5-17-33)23-12-24-38(48)34-18-6-3-7-19-34/h2-31H. The Morgan fingerprint density at radius 1 is 0.466 bits per heavy atom. The summed E-state index contributed by atoms with van der Waals surface area (Å²) in [5.41, 5.74) is 10.5. The van der Waals surface area contributed by atoms with Crippen molar-refractivity contribution in [3.05, 3.63) is 210 Å². The molecular weight excluding hydrogens is 713 g/mol. The van der Waals surface area contributed by atoms with E-state index < -0.39 is 11.8 Å². The smallest absolute Gasteiger partial charge is 0.268 e. The molecule has 58 heavy (non-hydrogen) atoms. The Labute approximate surface area is 334 Å². The summed E-state index contributed by atoms with van der Waals surface area (Å²) in [7, 11) is 0. The van der Waals surface area contributed by atoms with Crippen LogP contribution in [-0.2, 0) is 0 Å². The first-order valence-electron chi connectivity index (χ1n) is 18.9. The first-order valence-corrected chi connectivity index (χ1v) is 18.9. The molecule has 0 bridgehead atoms. The Morgan fingerprint density at radius 2 is 0.948 bits per heavy atom. The number of nitrogens with zero attached hydrogens (tertiary/aromatic N) is 4. The molecule has 9 aromatic rings. The second-order valence-electron chi connectivity index (χ2n) is 14.1. The third-order valence-electron chi connectivity index (χ3n) is 11.0. The SMILES string of the molecule is [C-]#[N+]c1ccccc1-c1cccc2c3cccc(-c4ccccc4C#N)c3n(-c3cccc4c3C(=O)N(c3c(-c5ccccc5)cccc3-c3ccccc3)C4=O)c12. The van der Waals surface area contributed by atoms with Crippen LogP contribution in [0, 0.1) is 17.9 Å². The van der Waals surface area contributed by atoms with Crippen molar-refractivity contribution < 1.29 is 9.59 Å². The van der Waals surface area contributed by atoms with Crippen molar-refractivity contribution in [2.24, 2.45) is 0 Å². The Balaban J connectivity index is 1.30. The summed E-state index contributed by atoms with van der Waals surface area (Å²) in [6.07, 6.45) is 0. The lowest BCUT2D eigenvalue weighted by Gasteiger charge is -2.23. The molecule has 0 spiro atoms. The Morgan fingerprint density at radius 3 is 1.57 bits per heavy atom. The molecule has 0 unspecified atom stereocenters. The average Bonchev–Trinajstić information content (AvgIpc) is 3.77. The number of hydrogen-bond donors (Lipinski definition) is 0. The predicted molar refractivity (Wildman–Crippen MR) is 231 cm³/mol. The molecule has 6 heteroatoms. The number of hydrogen-bond acceptors (Lipinski definition) is 3. The maximum Gasteiger partial charge on any atom is 0.268 e. The monoisotopic (exact) mass is 742 g/mol. The first kappa shape index (κ1) is 34.2. The molecule has 0 saturated carbocycles. The van der Waals surface area contributed by atoms with E-state index in [0.717, 1.165) is 66.3 Å². The Kier molecular flexibility index (Phi) is 8.11. The van der Waals surface area contributed by atoms with E-state index in [4.69, 9.17) is 6.57 Å². The van der Waals surface area contributed by atoms with Gasteiger partial charge in [0.15, 0.2) is 5.69 Å². The molecule has 2 amide bonds. The van der Waals surface area contributed by atoms with Crippen molar-refractivity contribution in [1.29, 1.82) is 5.26 Å². The zero-order valence-electron chi connectivity index (χ0n) is 30.9. The van der Waals surface area contributed by atoms with Crippen LogP contribution in [0.5, 0.6) is 0 Å². The highest BCUT2D eigenvalue weighted by Gasteiger charge is 2.42. The molecule has 0 saturated heterocycles. The Hall–Kier alpha value is -8.32. The van der Waals surface area contributed by atoms with Gasteiger partial charge in [0.05, 0.1) is 51.7 Å². The summed E-state index contributed by atoms with van der Waals surface area (Å²) in [5, 5.41) is 12.1. The number of para-hydroxylation sites is 4. The van der Waals surface area contributed by atoms with E-state index in [1.54, 1.807) is 18.2 Å². The number of amides is 2. The second-order valence-corrected chi connectivity index (χ2v) is 14.1. The number of imide groups is 1. The van der Waals surface area contributed by atoms with Crippen LogP contribution in [-0.4, -0.2) is 16.4 Å². The number of benzene rings is 8. The van der Waals surface area contributed by atoms with Crippen molar-refractivity contribution in [2.75, 3.05) is 4.90 Å². The highest BCUT2D eigenvalue weighted by atomic mass is 16.2. The molecule has 1 aliphatic heterocycles. The first-order chi connectivity index (χ1) is 28.6. The van der Waals surface area contributed by atoms with Crippen LogP contribution >= 0.6 is 0 Å². The molecule has 0 aliphatic carbocycles. The van der Waals surface area contributed by atoms with Crippen LogP contribution in [0.25, 0.3) is 76.8 Å². The van der Waals surface area contributed by atoms with E-state index in [2.05, 4.69) is 15.5 Å². The van der Waals surface area contributed by atoms with Crippen molar-refractivity contribution in [3.63, 3.8) is 0 Å². The highest BCUT2D eigenvalue weighted by molar-refractivity contribution is 6.37. The van der Waals surface area contributed by atoms with Crippen LogP contribution in [0.4, 0.5) is 11.4 Å². The van der Waals surface area contributed by atoms with E-state index in [0.29, 0.717) is 22.6 Å². The lowest BCUT2D eigenvalue weighted by atomic mass is 9.95. The van der Waals surface area contributed by atoms with Gasteiger partial charge < -0.3 is 4.57 Å². The molecule has 10 rings (SSSR count). The lowest BCUT2D eigenvalue weighted by Crippen LogP contribution is -2.30. The normalized spacial score (nSPS) is 12.1. The van der Waals surface area contributed by atoms with Crippen LogP contribution in [0.2, 0.25) is 0 Å². The van der Waals surface area contributed by atoms with Crippen molar-refractivity contribution in [2.45, 2.75) is 0 Å². The van der Waals surface area contributed by atoms with Gasteiger partial charge in [0.25, 0.3) is 11.8 Å². The van der Waals surface area contributed by atoms with Crippen LogP contribution in [0.1, 0.15) is 26.3 Å². The van der Waals surface area contributed by atoms with Crippen LogP contribution in [0.3, 0.4) is 0 Å². The summed E-state index contributed by atoms with van der Waals surface area (Å²) in [6.45, 7) is 8.07. The van der Waals surface area contributed by atoms with Crippen molar-refractivity contribution >= 4 is 45.0 Å². The molecule has 2 heterocycles. The number of fused-ring (bicyclic) bond motifs is 4. The second kappa shape index (κ2) is 13.8. The molecular formula is C52H30N4O2. The van der Waals surface area contributed by atoms with Gasteiger partial charge in [0, 0.05) is 33.0 Å². The third kappa shape index (κ3) is 5.18. The minimum absolute atomic E-state index is 0.268. The van der Waals surface area contributed by atoms with Crippen LogP contribution < -0.4 is 4.90 Å². The van der Waals surface area contributed by atoms with E-state index >= 15 is 4.79 Å². The van der Waals surface area contributed by atoms with Gasteiger partial charge in [-0.3, -0.25) is 9.59 Å². The molecule has 270 valence electrons. The zero-order chi connectivity index (χ0) is 39.3. The fraction of sp³-hybridized carbons (Fsp3) is 0. The number of anilines is 1. The van der Waals surface area contributed by atoms with E-state index in [-0.39, 0.29) is 11.1 Å². The van der Waals surface area contributed by atoms with Gasteiger partial charge in [-0.05, 0) is 40.5 Å².